The normalized spacial score (nSPS) is 26.0. The van der Waals surface area contributed by atoms with Gasteiger partial charge in [-0.3, -0.25) is 0 Å². The largest absolute Gasteiger partial charge is 0.431 e. The Morgan fingerprint density at radius 3 is 2.71 bits per heavy atom. The zero-order chi connectivity index (χ0) is 15.6. The fraction of sp³-hybridized carbons (Fsp3) is 0.600. The zero-order valence-corrected chi connectivity index (χ0v) is 14.3. The summed E-state index contributed by atoms with van der Waals surface area (Å²) in [4.78, 5) is 0. The fourth-order valence-electron chi connectivity index (χ4n) is 2.86. The van der Waals surface area contributed by atoms with Crippen molar-refractivity contribution >= 4 is 33.2 Å². The number of anilines is 1. The van der Waals surface area contributed by atoms with Gasteiger partial charge in [-0.15, -0.1) is 0 Å². The minimum Gasteiger partial charge on any atom is -0.431 e. The van der Waals surface area contributed by atoms with Crippen LogP contribution in [0, 0.1) is 11.8 Å². The van der Waals surface area contributed by atoms with E-state index in [2.05, 4.69) is 39.8 Å². The van der Waals surface area contributed by atoms with Gasteiger partial charge in [0.25, 0.3) is 0 Å². The van der Waals surface area contributed by atoms with Gasteiger partial charge in [0, 0.05) is 11.1 Å². The highest BCUT2D eigenvalue weighted by Crippen LogP contribution is 2.40. The molecule has 2 rings (SSSR count). The summed E-state index contributed by atoms with van der Waals surface area (Å²) in [6.07, 6.45) is 3.36. The number of hydrogen-bond donors (Lipinski definition) is 1. The Hall–Kier alpha value is -0.550. The summed E-state index contributed by atoms with van der Waals surface area (Å²) >= 11 is 9.26. The summed E-state index contributed by atoms with van der Waals surface area (Å²) in [6, 6.07) is 3.42. The summed E-state index contributed by atoms with van der Waals surface area (Å²) in [7, 11) is 0. The third-order valence-electron chi connectivity index (χ3n) is 4.26. The lowest BCUT2D eigenvalue weighted by Gasteiger charge is -2.35. The van der Waals surface area contributed by atoms with Gasteiger partial charge in [0.2, 0.25) is 0 Å². The number of benzene rings is 1. The highest BCUT2D eigenvalue weighted by Gasteiger charge is 2.28. The number of alkyl halides is 2. The first-order valence-electron chi connectivity index (χ1n) is 7.09. The Bertz CT molecular complexity index is 501. The van der Waals surface area contributed by atoms with E-state index in [-0.39, 0.29) is 11.8 Å². The molecule has 0 heterocycles. The molecule has 21 heavy (non-hydrogen) atoms. The van der Waals surface area contributed by atoms with Crippen molar-refractivity contribution in [1.29, 1.82) is 0 Å². The number of hydrogen-bond acceptors (Lipinski definition) is 2. The van der Waals surface area contributed by atoms with Crippen LogP contribution in [0.15, 0.2) is 16.6 Å². The average molecular weight is 383 g/mol. The number of ether oxygens (including phenoxy) is 1. The van der Waals surface area contributed by atoms with Crippen LogP contribution in [0.3, 0.4) is 0 Å². The molecule has 1 N–H and O–H groups in total. The topological polar surface area (TPSA) is 21.3 Å². The van der Waals surface area contributed by atoms with Crippen molar-refractivity contribution in [2.75, 3.05) is 5.32 Å². The average Bonchev–Trinajstić information content (AvgIpc) is 2.38. The van der Waals surface area contributed by atoms with Gasteiger partial charge in [0.1, 0.15) is 0 Å². The first-order valence-corrected chi connectivity index (χ1v) is 8.26. The summed E-state index contributed by atoms with van der Waals surface area (Å²) in [5, 5.41) is 3.82. The molecule has 6 heteroatoms. The molecule has 1 aliphatic carbocycles. The van der Waals surface area contributed by atoms with Crippen molar-refractivity contribution < 1.29 is 13.5 Å². The van der Waals surface area contributed by atoms with Crippen molar-refractivity contribution in [2.24, 2.45) is 11.8 Å². The minimum atomic E-state index is -2.87. The molecule has 3 atom stereocenters. The molecule has 1 aromatic carbocycles. The molecule has 0 amide bonds. The van der Waals surface area contributed by atoms with Crippen molar-refractivity contribution in [2.45, 2.75) is 45.8 Å². The van der Waals surface area contributed by atoms with E-state index in [1.807, 2.05) is 0 Å². The van der Waals surface area contributed by atoms with Crippen LogP contribution in [-0.4, -0.2) is 12.7 Å². The van der Waals surface area contributed by atoms with Gasteiger partial charge in [-0.1, -0.05) is 38.3 Å². The zero-order valence-electron chi connectivity index (χ0n) is 12.0. The smallest absolute Gasteiger partial charge is 0.387 e. The van der Waals surface area contributed by atoms with Crippen LogP contribution in [0.25, 0.3) is 0 Å². The van der Waals surface area contributed by atoms with Crippen molar-refractivity contribution in [3.8, 4) is 5.75 Å². The third-order valence-corrected chi connectivity index (χ3v) is 5.07. The molecule has 0 aromatic heterocycles. The summed E-state index contributed by atoms with van der Waals surface area (Å²) in [5.41, 5.74) is 0.514. The van der Waals surface area contributed by atoms with E-state index in [1.165, 1.54) is 6.42 Å². The molecular weight excluding hydrogens is 364 g/mol. The summed E-state index contributed by atoms with van der Waals surface area (Å²) < 4.78 is 30.2. The molecular formula is C15H19BrClF2NO. The van der Waals surface area contributed by atoms with Crippen LogP contribution in [0.1, 0.15) is 33.1 Å². The highest BCUT2D eigenvalue weighted by atomic mass is 79.9. The van der Waals surface area contributed by atoms with Crippen LogP contribution in [0.2, 0.25) is 5.02 Å². The third kappa shape index (κ3) is 4.22. The van der Waals surface area contributed by atoms with E-state index in [0.717, 1.165) is 12.8 Å². The first kappa shape index (κ1) is 16.8. The maximum Gasteiger partial charge on any atom is 0.387 e. The van der Waals surface area contributed by atoms with Gasteiger partial charge in [0.05, 0.1) is 10.2 Å². The van der Waals surface area contributed by atoms with Crippen molar-refractivity contribution in [1.82, 2.24) is 0 Å². The molecule has 1 fully saturated rings. The lowest BCUT2D eigenvalue weighted by atomic mass is 9.78. The molecule has 1 saturated carbocycles. The minimum absolute atomic E-state index is 0.111. The predicted octanol–water partition coefficient (Wildman–Crippen LogP) is 5.94. The Labute approximate surface area is 137 Å². The van der Waals surface area contributed by atoms with Crippen LogP contribution < -0.4 is 10.1 Å². The van der Waals surface area contributed by atoms with E-state index in [1.54, 1.807) is 12.1 Å². The molecule has 1 aliphatic rings. The monoisotopic (exact) mass is 381 g/mol. The standard InChI is InChI=1S/C15H19BrClF2NO/c1-8-4-3-5-12(9(8)2)20-13-7-10(17)6-11(16)14(13)21-15(18)19/h6-9,12,15,20H,3-5H2,1-2H3. The SMILES string of the molecule is CC1CCCC(Nc2cc(Cl)cc(Br)c2OC(F)F)C1C. The Balaban J connectivity index is 2.25. The second-order valence-electron chi connectivity index (χ2n) is 5.66. The quantitative estimate of drug-likeness (QED) is 0.695. The number of rotatable bonds is 4. The van der Waals surface area contributed by atoms with Gasteiger partial charge < -0.3 is 10.1 Å². The van der Waals surface area contributed by atoms with Gasteiger partial charge >= 0.3 is 6.61 Å². The fourth-order valence-corrected chi connectivity index (χ4v) is 3.77. The Kier molecular flexibility index (Phi) is 5.72. The van der Waals surface area contributed by atoms with Gasteiger partial charge in [-0.25, -0.2) is 0 Å². The van der Waals surface area contributed by atoms with Crippen molar-refractivity contribution in [3.63, 3.8) is 0 Å². The maximum absolute atomic E-state index is 12.6. The van der Waals surface area contributed by atoms with Crippen LogP contribution >= 0.6 is 27.5 Å². The molecule has 0 spiro atoms. The number of halogens is 4. The van der Waals surface area contributed by atoms with E-state index in [9.17, 15) is 8.78 Å². The second-order valence-corrected chi connectivity index (χ2v) is 6.95. The summed E-state index contributed by atoms with van der Waals surface area (Å²) in [6.45, 7) is 1.54. The van der Waals surface area contributed by atoms with E-state index in [4.69, 9.17) is 11.6 Å². The molecule has 118 valence electrons. The molecule has 0 aliphatic heterocycles. The van der Waals surface area contributed by atoms with Crippen LogP contribution in [0.5, 0.6) is 5.75 Å². The van der Waals surface area contributed by atoms with Gasteiger partial charge in [0.15, 0.2) is 5.75 Å². The molecule has 1 aromatic rings. The van der Waals surface area contributed by atoms with E-state index < -0.39 is 6.61 Å². The molecule has 2 nitrogen and oxygen atoms in total. The van der Waals surface area contributed by atoms with Gasteiger partial charge in [-0.2, -0.15) is 8.78 Å². The number of nitrogens with one attached hydrogen (secondary N) is 1. The highest BCUT2D eigenvalue weighted by molar-refractivity contribution is 9.10. The Morgan fingerprint density at radius 2 is 2.05 bits per heavy atom. The lowest BCUT2D eigenvalue weighted by molar-refractivity contribution is -0.0499. The van der Waals surface area contributed by atoms with Crippen molar-refractivity contribution in [3.05, 3.63) is 21.6 Å². The molecule has 3 unspecified atom stereocenters. The summed E-state index contributed by atoms with van der Waals surface area (Å²) in [5.74, 6) is 1.19. The van der Waals surface area contributed by atoms with Gasteiger partial charge in [-0.05, 0) is 46.3 Å². The second kappa shape index (κ2) is 7.14. The first-order chi connectivity index (χ1) is 9.88. The lowest BCUT2D eigenvalue weighted by Crippen LogP contribution is -2.35. The maximum atomic E-state index is 12.6. The Morgan fingerprint density at radius 1 is 1.33 bits per heavy atom. The van der Waals surface area contributed by atoms with E-state index >= 15 is 0 Å². The predicted molar refractivity (Wildman–Crippen MR) is 85.4 cm³/mol. The van der Waals surface area contributed by atoms with E-state index in [0.29, 0.717) is 27.0 Å². The van der Waals surface area contributed by atoms with Crippen LogP contribution in [-0.2, 0) is 0 Å². The van der Waals surface area contributed by atoms with Crippen LogP contribution in [0.4, 0.5) is 14.5 Å². The molecule has 0 bridgehead atoms. The molecule has 0 radical (unpaired) electrons. The molecule has 0 saturated heterocycles.